The fourth-order valence-electron chi connectivity index (χ4n) is 1.37. The van der Waals surface area contributed by atoms with Gasteiger partial charge in [-0.05, 0) is 26.8 Å². The number of nitrogens with one attached hydrogen (secondary N) is 1. The molecule has 0 spiro atoms. The van der Waals surface area contributed by atoms with Crippen LogP contribution in [0.4, 0.5) is 0 Å². The van der Waals surface area contributed by atoms with Gasteiger partial charge < -0.3 is 10.1 Å². The van der Waals surface area contributed by atoms with Crippen LogP contribution in [0.15, 0.2) is 0 Å². The standard InChI is InChI=1S/C11H22N2O3/c1-5-7-13(8-10(14)12-4)9(3)11(15)16-6-2/h9H,5-8H2,1-4H3,(H,12,14). The van der Waals surface area contributed by atoms with E-state index < -0.39 is 0 Å². The zero-order chi connectivity index (χ0) is 12.6. The summed E-state index contributed by atoms with van der Waals surface area (Å²) >= 11 is 0. The molecule has 1 unspecified atom stereocenters. The summed E-state index contributed by atoms with van der Waals surface area (Å²) < 4.78 is 4.93. The van der Waals surface area contributed by atoms with Crippen molar-refractivity contribution >= 4 is 11.9 Å². The predicted octanol–water partition coefficient (Wildman–Crippen LogP) is 0.396. The first-order valence-electron chi connectivity index (χ1n) is 5.68. The third kappa shape index (κ3) is 5.11. The number of nitrogens with zero attached hydrogens (tertiary/aromatic N) is 1. The third-order valence-corrected chi connectivity index (χ3v) is 2.31. The fourth-order valence-corrected chi connectivity index (χ4v) is 1.37. The van der Waals surface area contributed by atoms with Gasteiger partial charge in [0.25, 0.3) is 0 Å². The molecular weight excluding hydrogens is 208 g/mol. The molecule has 5 nitrogen and oxygen atoms in total. The van der Waals surface area contributed by atoms with Gasteiger partial charge in [-0.25, -0.2) is 0 Å². The minimum Gasteiger partial charge on any atom is -0.465 e. The Morgan fingerprint density at radius 2 is 2.00 bits per heavy atom. The van der Waals surface area contributed by atoms with Crippen molar-refractivity contribution in [3.05, 3.63) is 0 Å². The highest BCUT2D eigenvalue weighted by Crippen LogP contribution is 2.02. The average Bonchev–Trinajstić information content (AvgIpc) is 2.27. The Kier molecular flexibility index (Phi) is 7.54. The van der Waals surface area contributed by atoms with Crippen molar-refractivity contribution in [3.8, 4) is 0 Å². The van der Waals surface area contributed by atoms with Crippen LogP contribution in [0.2, 0.25) is 0 Å². The predicted molar refractivity (Wildman–Crippen MR) is 62.0 cm³/mol. The second-order valence-corrected chi connectivity index (χ2v) is 3.57. The lowest BCUT2D eigenvalue weighted by Gasteiger charge is -2.26. The Morgan fingerprint density at radius 1 is 1.38 bits per heavy atom. The molecule has 1 N–H and O–H groups in total. The first kappa shape index (κ1) is 14.9. The molecule has 0 bridgehead atoms. The third-order valence-electron chi connectivity index (χ3n) is 2.31. The van der Waals surface area contributed by atoms with Crippen molar-refractivity contribution in [3.63, 3.8) is 0 Å². The van der Waals surface area contributed by atoms with Gasteiger partial charge in [0.05, 0.1) is 13.2 Å². The number of hydrogen-bond acceptors (Lipinski definition) is 4. The number of rotatable bonds is 7. The van der Waals surface area contributed by atoms with Gasteiger partial charge in [-0.1, -0.05) is 6.92 Å². The van der Waals surface area contributed by atoms with E-state index in [2.05, 4.69) is 5.32 Å². The lowest BCUT2D eigenvalue weighted by Crippen LogP contribution is -2.45. The van der Waals surface area contributed by atoms with Crippen LogP contribution in [-0.4, -0.2) is 49.6 Å². The van der Waals surface area contributed by atoms with Gasteiger partial charge >= 0.3 is 5.97 Å². The van der Waals surface area contributed by atoms with Crippen LogP contribution in [0.25, 0.3) is 0 Å². The van der Waals surface area contributed by atoms with Crippen molar-refractivity contribution in [2.24, 2.45) is 0 Å². The van der Waals surface area contributed by atoms with Gasteiger partial charge in [0.2, 0.25) is 5.91 Å². The second kappa shape index (κ2) is 8.10. The molecule has 0 aromatic rings. The zero-order valence-electron chi connectivity index (χ0n) is 10.6. The maximum Gasteiger partial charge on any atom is 0.323 e. The molecule has 0 aromatic carbocycles. The summed E-state index contributed by atoms with van der Waals surface area (Å²) in [5, 5.41) is 2.55. The van der Waals surface area contributed by atoms with Gasteiger partial charge in [0, 0.05) is 7.05 Å². The van der Waals surface area contributed by atoms with Crippen LogP contribution in [0.1, 0.15) is 27.2 Å². The van der Waals surface area contributed by atoms with E-state index in [1.807, 2.05) is 11.8 Å². The van der Waals surface area contributed by atoms with E-state index in [1.54, 1.807) is 20.9 Å². The number of carbonyl (C=O) groups is 2. The molecule has 0 aliphatic rings. The molecule has 0 rings (SSSR count). The lowest BCUT2D eigenvalue weighted by atomic mass is 10.2. The Morgan fingerprint density at radius 3 is 2.44 bits per heavy atom. The summed E-state index contributed by atoms with van der Waals surface area (Å²) in [6.45, 7) is 6.83. The van der Waals surface area contributed by atoms with E-state index in [-0.39, 0.29) is 24.5 Å². The minimum atomic E-state index is -0.378. The Balaban J connectivity index is 4.38. The number of carbonyl (C=O) groups excluding carboxylic acids is 2. The van der Waals surface area contributed by atoms with E-state index in [0.717, 1.165) is 6.42 Å². The highest BCUT2D eigenvalue weighted by Gasteiger charge is 2.23. The number of likely N-dealkylation sites (N-methyl/N-ethyl adjacent to an activating group) is 1. The van der Waals surface area contributed by atoms with Crippen molar-refractivity contribution in [1.29, 1.82) is 0 Å². The highest BCUT2D eigenvalue weighted by molar-refractivity contribution is 5.80. The van der Waals surface area contributed by atoms with Crippen LogP contribution in [0.3, 0.4) is 0 Å². The molecule has 0 aliphatic carbocycles. The lowest BCUT2D eigenvalue weighted by molar-refractivity contribution is -0.149. The van der Waals surface area contributed by atoms with Crippen LogP contribution in [-0.2, 0) is 14.3 Å². The van der Waals surface area contributed by atoms with E-state index in [0.29, 0.717) is 13.2 Å². The van der Waals surface area contributed by atoms with Crippen molar-refractivity contribution in [2.45, 2.75) is 33.2 Å². The topological polar surface area (TPSA) is 58.6 Å². The van der Waals surface area contributed by atoms with Gasteiger partial charge in [0.15, 0.2) is 0 Å². The molecule has 0 saturated heterocycles. The summed E-state index contributed by atoms with van der Waals surface area (Å²) in [7, 11) is 1.58. The van der Waals surface area contributed by atoms with E-state index in [9.17, 15) is 9.59 Å². The highest BCUT2D eigenvalue weighted by atomic mass is 16.5. The number of hydrogen-bond donors (Lipinski definition) is 1. The van der Waals surface area contributed by atoms with Crippen molar-refractivity contribution in [2.75, 3.05) is 26.7 Å². The number of amides is 1. The van der Waals surface area contributed by atoms with Gasteiger partial charge in [-0.15, -0.1) is 0 Å². The summed E-state index contributed by atoms with van der Waals surface area (Å²) in [6.07, 6.45) is 0.890. The summed E-state index contributed by atoms with van der Waals surface area (Å²) in [6, 6.07) is -0.378. The normalized spacial score (nSPS) is 12.3. The molecule has 1 atom stereocenters. The fraction of sp³-hybridized carbons (Fsp3) is 0.818. The largest absolute Gasteiger partial charge is 0.465 e. The smallest absolute Gasteiger partial charge is 0.323 e. The quantitative estimate of drug-likeness (QED) is 0.643. The van der Waals surface area contributed by atoms with E-state index in [1.165, 1.54) is 0 Å². The van der Waals surface area contributed by atoms with Crippen LogP contribution in [0.5, 0.6) is 0 Å². The van der Waals surface area contributed by atoms with Crippen LogP contribution < -0.4 is 5.32 Å². The van der Waals surface area contributed by atoms with Crippen molar-refractivity contribution in [1.82, 2.24) is 10.2 Å². The monoisotopic (exact) mass is 230 g/mol. The minimum absolute atomic E-state index is 0.0930. The zero-order valence-corrected chi connectivity index (χ0v) is 10.6. The van der Waals surface area contributed by atoms with Gasteiger partial charge in [0.1, 0.15) is 6.04 Å². The Bertz CT molecular complexity index is 231. The Labute approximate surface area is 97.1 Å². The molecule has 1 amide bonds. The molecular formula is C11H22N2O3. The molecule has 5 heteroatoms. The Hall–Kier alpha value is -1.10. The first-order chi connectivity index (χ1) is 7.56. The van der Waals surface area contributed by atoms with Crippen LogP contribution in [0, 0.1) is 0 Å². The maximum atomic E-state index is 11.5. The SMILES string of the molecule is CCCN(CC(=O)NC)C(C)C(=O)OCC. The number of esters is 1. The second-order valence-electron chi connectivity index (χ2n) is 3.57. The van der Waals surface area contributed by atoms with Gasteiger partial charge in [-0.3, -0.25) is 14.5 Å². The molecule has 16 heavy (non-hydrogen) atoms. The molecule has 0 aliphatic heterocycles. The number of ether oxygens (including phenoxy) is 1. The van der Waals surface area contributed by atoms with E-state index in [4.69, 9.17) is 4.74 Å². The molecule has 0 fully saturated rings. The average molecular weight is 230 g/mol. The summed E-state index contributed by atoms with van der Waals surface area (Å²) in [4.78, 5) is 24.6. The molecule has 0 saturated carbocycles. The summed E-state index contributed by atoms with van der Waals surface area (Å²) in [5.41, 5.74) is 0. The van der Waals surface area contributed by atoms with Crippen molar-refractivity contribution < 1.29 is 14.3 Å². The molecule has 0 aromatic heterocycles. The van der Waals surface area contributed by atoms with Gasteiger partial charge in [-0.2, -0.15) is 0 Å². The molecule has 94 valence electrons. The first-order valence-corrected chi connectivity index (χ1v) is 5.68. The van der Waals surface area contributed by atoms with Crippen LogP contribution >= 0.6 is 0 Å². The molecule has 0 heterocycles. The van der Waals surface area contributed by atoms with E-state index >= 15 is 0 Å². The molecule has 0 radical (unpaired) electrons. The summed E-state index contributed by atoms with van der Waals surface area (Å²) in [5.74, 6) is -0.371. The maximum absolute atomic E-state index is 11.5.